The fourth-order valence-corrected chi connectivity index (χ4v) is 1.80. The first kappa shape index (κ1) is 10.4. The van der Waals surface area contributed by atoms with Gasteiger partial charge >= 0.3 is 0 Å². The molecule has 0 aliphatic carbocycles. The fraction of sp³-hybridized carbons (Fsp3) is 0. The maximum absolute atomic E-state index is 12.7. The molecule has 0 unspecified atom stereocenters. The summed E-state index contributed by atoms with van der Waals surface area (Å²) in [6.07, 6.45) is 0. The van der Waals surface area contributed by atoms with Gasteiger partial charge in [0.1, 0.15) is 4.90 Å². The van der Waals surface area contributed by atoms with Crippen LogP contribution in [-0.4, -0.2) is 8.42 Å². The SMILES string of the molecule is NS(=O)(=O)c1ccc(F)c(F)c1Cl. The third-order valence-electron chi connectivity index (χ3n) is 1.31. The van der Waals surface area contributed by atoms with E-state index < -0.39 is 31.6 Å². The lowest BCUT2D eigenvalue weighted by Gasteiger charge is -2.02. The van der Waals surface area contributed by atoms with Gasteiger partial charge in [-0.25, -0.2) is 22.3 Å². The summed E-state index contributed by atoms with van der Waals surface area (Å²) in [5.41, 5.74) is 0. The monoisotopic (exact) mass is 227 g/mol. The highest BCUT2D eigenvalue weighted by atomic mass is 35.5. The van der Waals surface area contributed by atoms with Crippen LogP contribution in [0.4, 0.5) is 8.78 Å². The highest BCUT2D eigenvalue weighted by molar-refractivity contribution is 7.89. The van der Waals surface area contributed by atoms with Crippen molar-refractivity contribution in [1.29, 1.82) is 0 Å². The van der Waals surface area contributed by atoms with Crippen molar-refractivity contribution in [2.24, 2.45) is 5.14 Å². The molecule has 0 saturated heterocycles. The van der Waals surface area contributed by atoms with Crippen molar-refractivity contribution in [2.45, 2.75) is 4.90 Å². The van der Waals surface area contributed by atoms with Crippen molar-refractivity contribution in [2.75, 3.05) is 0 Å². The fourth-order valence-electron chi connectivity index (χ4n) is 0.728. The Balaban J connectivity index is 3.53. The summed E-state index contributed by atoms with van der Waals surface area (Å²) in [7, 11) is -4.11. The lowest BCUT2D eigenvalue weighted by molar-refractivity contribution is 0.505. The average Bonchev–Trinajstić information content (AvgIpc) is 1.98. The molecular formula is C6H4ClF2NO2S. The summed E-state index contributed by atoms with van der Waals surface area (Å²) in [4.78, 5) is -0.631. The van der Waals surface area contributed by atoms with Gasteiger partial charge in [-0.3, -0.25) is 0 Å². The highest BCUT2D eigenvalue weighted by Gasteiger charge is 2.18. The van der Waals surface area contributed by atoms with Crippen LogP contribution in [0.15, 0.2) is 17.0 Å². The lowest BCUT2D eigenvalue weighted by Crippen LogP contribution is -2.13. The van der Waals surface area contributed by atoms with Gasteiger partial charge in [-0.15, -0.1) is 0 Å². The molecule has 0 aromatic heterocycles. The maximum atomic E-state index is 12.7. The van der Waals surface area contributed by atoms with Crippen molar-refractivity contribution in [3.8, 4) is 0 Å². The molecule has 0 spiro atoms. The lowest BCUT2D eigenvalue weighted by atomic mass is 10.3. The summed E-state index contributed by atoms with van der Waals surface area (Å²) in [6.45, 7) is 0. The number of benzene rings is 1. The molecular weight excluding hydrogens is 224 g/mol. The minimum Gasteiger partial charge on any atom is -0.225 e. The van der Waals surface area contributed by atoms with Crippen LogP contribution in [0.25, 0.3) is 0 Å². The molecule has 0 aliphatic heterocycles. The smallest absolute Gasteiger partial charge is 0.225 e. The minimum atomic E-state index is -4.11. The second-order valence-corrected chi connectivity index (χ2v) is 4.13. The van der Waals surface area contributed by atoms with Crippen molar-refractivity contribution < 1.29 is 17.2 Å². The Bertz CT molecular complexity index is 446. The number of primary sulfonamides is 1. The Kier molecular flexibility index (Phi) is 2.56. The highest BCUT2D eigenvalue weighted by Crippen LogP contribution is 2.24. The molecule has 7 heteroatoms. The molecule has 3 nitrogen and oxygen atoms in total. The molecule has 0 saturated carbocycles. The van der Waals surface area contributed by atoms with Gasteiger partial charge in [-0.1, -0.05) is 11.6 Å². The maximum Gasteiger partial charge on any atom is 0.239 e. The van der Waals surface area contributed by atoms with Crippen molar-refractivity contribution in [3.63, 3.8) is 0 Å². The average molecular weight is 228 g/mol. The Morgan fingerprint density at radius 2 is 1.85 bits per heavy atom. The van der Waals surface area contributed by atoms with Gasteiger partial charge in [0.15, 0.2) is 11.6 Å². The topological polar surface area (TPSA) is 60.2 Å². The third kappa shape index (κ3) is 1.96. The van der Waals surface area contributed by atoms with Crippen LogP contribution in [0.5, 0.6) is 0 Å². The second kappa shape index (κ2) is 3.21. The Morgan fingerprint density at radius 1 is 1.31 bits per heavy atom. The Labute approximate surface area is 78.2 Å². The van der Waals surface area contributed by atoms with E-state index in [0.29, 0.717) is 6.07 Å². The Morgan fingerprint density at radius 3 is 2.31 bits per heavy atom. The zero-order valence-corrected chi connectivity index (χ0v) is 7.66. The van der Waals surface area contributed by atoms with E-state index in [1.807, 2.05) is 0 Å². The van der Waals surface area contributed by atoms with Crippen LogP contribution in [-0.2, 0) is 10.0 Å². The molecule has 0 aliphatic rings. The van der Waals surface area contributed by atoms with Crippen molar-refractivity contribution >= 4 is 21.6 Å². The molecule has 2 N–H and O–H groups in total. The molecule has 1 aromatic rings. The van der Waals surface area contributed by atoms with E-state index in [1.165, 1.54) is 0 Å². The number of sulfonamides is 1. The molecule has 0 atom stereocenters. The molecule has 13 heavy (non-hydrogen) atoms. The first-order chi connectivity index (χ1) is 5.84. The van der Waals surface area contributed by atoms with E-state index in [-0.39, 0.29) is 0 Å². The van der Waals surface area contributed by atoms with E-state index in [9.17, 15) is 17.2 Å². The largest absolute Gasteiger partial charge is 0.239 e. The standard InChI is InChI=1S/C6H4ClF2NO2S/c7-5-4(13(10,11)12)2-1-3(8)6(5)9/h1-2H,(H2,10,11,12). The molecule has 72 valence electrons. The van der Waals surface area contributed by atoms with Crippen LogP contribution >= 0.6 is 11.6 Å². The molecule has 0 radical (unpaired) electrons. The number of halogens is 3. The molecule has 0 fully saturated rings. The predicted octanol–water partition coefficient (Wildman–Crippen LogP) is 1.27. The van der Waals surface area contributed by atoms with E-state index in [1.54, 1.807) is 0 Å². The molecule has 0 heterocycles. The van der Waals surface area contributed by atoms with Crippen molar-refractivity contribution in [3.05, 3.63) is 28.8 Å². The number of rotatable bonds is 1. The summed E-state index contributed by atoms with van der Waals surface area (Å²) in [5.74, 6) is -2.65. The van der Waals surface area contributed by atoms with Crippen LogP contribution in [0.2, 0.25) is 5.02 Å². The summed E-state index contributed by atoms with van der Waals surface area (Å²) >= 11 is 5.21. The van der Waals surface area contributed by atoms with Gasteiger partial charge in [0.2, 0.25) is 10.0 Å². The zero-order chi connectivity index (χ0) is 10.2. The number of hydrogen-bond donors (Lipinski definition) is 1. The van der Waals surface area contributed by atoms with E-state index in [2.05, 4.69) is 5.14 Å². The van der Waals surface area contributed by atoms with Crippen LogP contribution in [0.1, 0.15) is 0 Å². The molecule has 0 bridgehead atoms. The molecule has 0 amide bonds. The second-order valence-electron chi connectivity index (χ2n) is 2.22. The molecule has 1 aromatic carbocycles. The van der Waals surface area contributed by atoms with Crippen LogP contribution in [0, 0.1) is 11.6 Å². The van der Waals surface area contributed by atoms with Crippen molar-refractivity contribution in [1.82, 2.24) is 0 Å². The van der Waals surface area contributed by atoms with Gasteiger partial charge in [-0.2, -0.15) is 0 Å². The van der Waals surface area contributed by atoms with Gasteiger partial charge in [-0.05, 0) is 12.1 Å². The van der Waals surface area contributed by atoms with Gasteiger partial charge in [0.25, 0.3) is 0 Å². The summed E-state index contributed by atoms with van der Waals surface area (Å²) in [5, 5.41) is 3.84. The minimum absolute atomic E-state index is 0.631. The Hall–Kier alpha value is -0.720. The quantitative estimate of drug-likeness (QED) is 0.735. The van der Waals surface area contributed by atoms with Gasteiger partial charge < -0.3 is 0 Å². The first-order valence-electron chi connectivity index (χ1n) is 3.00. The van der Waals surface area contributed by atoms with E-state index in [0.717, 1.165) is 6.07 Å². The first-order valence-corrected chi connectivity index (χ1v) is 4.93. The van der Waals surface area contributed by atoms with Crippen LogP contribution in [0.3, 0.4) is 0 Å². The predicted molar refractivity (Wildman–Crippen MR) is 42.7 cm³/mol. The van der Waals surface area contributed by atoms with Gasteiger partial charge in [0.05, 0.1) is 5.02 Å². The third-order valence-corrected chi connectivity index (χ3v) is 2.74. The van der Waals surface area contributed by atoms with Gasteiger partial charge in [0, 0.05) is 0 Å². The zero-order valence-electron chi connectivity index (χ0n) is 6.09. The van der Waals surface area contributed by atoms with E-state index >= 15 is 0 Å². The number of hydrogen-bond acceptors (Lipinski definition) is 2. The van der Waals surface area contributed by atoms with Crippen LogP contribution < -0.4 is 5.14 Å². The molecule has 1 rings (SSSR count). The van der Waals surface area contributed by atoms with E-state index in [4.69, 9.17) is 11.6 Å². The summed E-state index contributed by atoms with van der Waals surface area (Å²) in [6, 6.07) is 1.44. The normalized spacial score (nSPS) is 11.7. The number of nitrogens with two attached hydrogens (primary N) is 1. The summed E-state index contributed by atoms with van der Waals surface area (Å²) < 4.78 is 46.6.